The molecule has 0 aliphatic heterocycles. The summed E-state index contributed by atoms with van der Waals surface area (Å²) >= 11 is 0. The minimum absolute atomic E-state index is 0.0934. The summed E-state index contributed by atoms with van der Waals surface area (Å²) in [7, 11) is -2.25. The summed E-state index contributed by atoms with van der Waals surface area (Å²) in [6.07, 6.45) is 1.31. The van der Waals surface area contributed by atoms with E-state index in [1.807, 2.05) is 13.0 Å². The number of sulfonamides is 1. The first-order valence-electron chi connectivity index (χ1n) is 8.43. The maximum Gasteiger partial charge on any atom is 0.264 e. The fourth-order valence-electron chi connectivity index (χ4n) is 2.58. The van der Waals surface area contributed by atoms with Gasteiger partial charge in [0, 0.05) is 12.7 Å². The molecule has 6 nitrogen and oxygen atoms in total. The van der Waals surface area contributed by atoms with E-state index in [2.05, 4.69) is 5.32 Å². The van der Waals surface area contributed by atoms with Crippen molar-refractivity contribution < 1.29 is 13.2 Å². The van der Waals surface area contributed by atoms with Crippen LogP contribution in [-0.4, -0.2) is 26.9 Å². The van der Waals surface area contributed by atoms with Gasteiger partial charge in [-0.05, 0) is 43.7 Å². The normalized spacial score (nSPS) is 13.7. The highest BCUT2D eigenvalue weighted by Gasteiger charge is 2.28. The van der Waals surface area contributed by atoms with Crippen LogP contribution < -0.4 is 15.4 Å². The van der Waals surface area contributed by atoms with Gasteiger partial charge in [-0.15, -0.1) is 0 Å². The number of benzene rings is 2. The van der Waals surface area contributed by atoms with Gasteiger partial charge < -0.3 is 11.1 Å². The van der Waals surface area contributed by atoms with Crippen molar-refractivity contribution in [1.82, 2.24) is 0 Å². The van der Waals surface area contributed by atoms with E-state index in [9.17, 15) is 13.2 Å². The standard InChI is InChI=1S/C19H25N3O3S/c1-4-13-19(2,20)18(23)21-15-9-8-12-17(14-15)26(24,25)22(3)16-10-6-5-7-11-16/h5-12,14H,4,13,20H2,1-3H3,(H,21,23). The maximum atomic E-state index is 12.9. The van der Waals surface area contributed by atoms with E-state index in [4.69, 9.17) is 5.73 Å². The second-order valence-corrected chi connectivity index (χ2v) is 8.43. The number of anilines is 2. The second kappa shape index (κ2) is 7.88. The number of hydrogen-bond acceptors (Lipinski definition) is 4. The number of para-hydroxylation sites is 1. The topological polar surface area (TPSA) is 92.5 Å². The van der Waals surface area contributed by atoms with E-state index in [-0.39, 0.29) is 10.8 Å². The average Bonchev–Trinajstić information content (AvgIpc) is 2.62. The zero-order valence-corrected chi connectivity index (χ0v) is 16.1. The first-order chi connectivity index (χ1) is 12.2. The molecule has 0 bridgehead atoms. The van der Waals surface area contributed by atoms with Crippen molar-refractivity contribution in [2.24, 2.45) is 5.73 Å². The fourth-order valence-corrected chi connectivity index (χ4v) is 3.82. The maximum absolute atomic E-state index is 12.9. The molecule has 3 N–H and O–H groups in total. The lowest BCUT2D eigenvalue weighted by Gasteiger charge is -2.23. The molecule has 0 fully saturated rings. The van der Waals surface area contributed by atoms with Gasteiger partial charge in [-0.2, -0.15) is 0 Å². The number of nitrogens with two attached hydrogens (primary N) is 1. The summed E-state index contributed by atoms with van der Waals surface area (Å²) in [4.78, 5) is 12.4. The van der Waals surface area contributed by atoms with Gasteiger partial charge >= 0.3 is 0 Å². The second-order valence-electron chi connectivity index (χ2n) is 6.46. The predicted molar refractivity (Wildman–Crippen MR) is 105 cm³/mol. The number of amides is 1. The highest BCUT2D eigenvalue weighted by molar-refractivity contribution is 7.92. The van der Waals surface area contributed by atoms with Crippen LogP contribution in [0.25, 0.3) is 0 Å². The minimum atomic E-state index is -3.75. The van der Waals surface area contributed by atoms with E-state index < -0.39 is 15.6 Å². The molecule has 2 aromatic carbocycles. The van der Waals surface area contributed by atoms with Crippen LogP contribution in [0.2, 0.25) is 0 Å². The molecule has 26 heavy (non-hydrogen) atoms. The molecule has 0 spiro atoms. The first-order valence-corrected chi connectivity index (χ1v) is 9.87. The quantitative estimate of drug-likeness (QED) is 0.778. The van der Waals surface area contributed by atoms with E-state index >= 15 is 0 Å². The molecule has 0 aromatic heterocycles. The summed E-state index contributed by atoms with van der Waals surface area (Å²) in [5, 5.41) is 2.71. The van der Waals surface area contributed by atoms with Crippen LogP contribution in [0, 0.1) is 0 Å². The van der Waals surface area contributed by atoms with Crippen LogP contribution in [0.1, 0.15) is 26.7 Å². The molecule has 1 atom stereocenters. The summed E-state index contributed by atoms with van der Waals surface area (Å²) in [5.41, 5.74) is 5.97. The highest BCUT2D eigenvalue weighted by atomic mass is 32.2. The first kappa shape index (κ1) is 19.9. The van der Waals surface area contributed by atoms with E-state index in [1.165, 1.54) is 23.5 Å². The number of hydrogen-bond donors (Lipinski definition) is 2. The molecule has 140 valence electrons. The van der Waals surface area contributed by atoms with Gasteiger partial charge in [-0.1, -0.05) is 37.6 Å². The van der Waals surface area contributed by atoms with Crippen molar-refractivity contribution in [1.29, 1.82) is 0 Å². The fraction of sp³-hybridized carbons (Fsp3) is 0.316. The van der Waals surface area contributed by atoms with Crippen molar-refractivity contribution in [3.8, 4) is 0 Å². The Morgan fingerprint density at radius 3 is 2.42 bits per heavy atom. The van der Waals surface area contributed by atoms with Crippen molar-refractivity contribution >= 4 is 27.3 Å². The average molecular weight is 375 g/mol. The van der Waals surface area contributed by atoms with Crippen molar-refractivity contribution in [2.75, 3.05) is 16.7 Å². The Kier molecular flexibility index (Phi) is 6.05. The molecule has 0 heterocycles. The molecular formula is C19H25N3O3S. The lowest BCUT2D eigenvalue weighted by Crippen LogP contribution is -2.48. The van der Waals surface area contributed by atoms with Gasteiger partial charge in [0.15, 0.2) is 0 Å². The Morgan fingerprint density at radius 1 is 1.15 bits per heavy atom. The van der Waals surface area contributed by atoms with Gasteiger partial charge in [0.25, 0.3) is 10.0 Å². The largest absolute Gasteiger partial charge is 0.324 e. The molecular weight excluding hydrogens is 350 g/mol. The van der Waals surface area contributed by atoms with Crippen LogP contribution in [0.15, 0.2) is 59.5 Å². The van der Waals surface area contributed by atoms with Crippen LogP contribution in [0.4, 0.5) is 11.4 Å². The molecule has 2 rings (SSSR count). The SMILES string of the molecule is CCCC(C)(N)C(=O)Nc1cccc(S(=O)(=O)N(C)c2ccccc2)c1. The highest BCUT2D eigenvalue weighted by Crippen LogP contribution is 2.24. The number of carbonyl (C=O) groups excluding carboxylic acids is 1. The summed E-state index contributed by atoms with van der Waals surface area (Å²) in [6, 6.07) is 15.0. The molecule has 0 saturated heterocycles. The lowest BCUT2D eigenvalue weighted by atomic mass is 9.96. The molecule has 0 aliphatic carbocycles. The van der Waals surface area contributed by atoms with Crippen LogP contribution in [0.5, 0.6) is 0 Å². The zero-order valence-electron chi connectivity index (χ0n) is 15.3. The van der Waals surface area contributed by atoms with Crippen LogP contribution in [0.3, 0.4) is 0 Å². The van der Waals surface area contributed by atoms with Crippen molar-refractivity contribution in [3.63, 3.8) is 0 Å². The Hall–Kier alpha value is -2.38. The Labute approximate surface area is 155 Å². The molecule has 2 aromatic rings. The molecule has 0 aliphatic rings. The molecule has 0 saturated carbocycles. The van der Waals surface area contributed by atoms with Gasteiger partial charge in [0.1, 0.15) is 0 Å². The van der Waals surface area contributed by atoms with Crippen molar-refractivity contribution in [3.05, 3.63) is 54.6 Å². The predicted octanol–water partition coefficient (Wildman–Crippen LogP) is 2.97. The number of nitrogens with one attached hydrogen (secondary N) is 1. The third-order valence-corrected chi connectivity index (χ3v) is 5.94. The van der Waals surface area contributed by atoms with E-state index in [0.717, 1.165) is 6.42 Å². The van der Waals surface area contributed by atoms with Gasteiger partial charge in [-0.3, -0.25) is 9.10 Å². The Morgan fingerprint density at radius 2 is 1.81 bits per heavy atom. The molecule has 0 radical (unpaired) electrons. The van der Waals surface area contributed by atoms with Gasteiger partial charge in [0.05, 0.1) is 16.1 Å². The number of nitrogens with zero attached hydrogens (tertiary/aromatic N) is 1. The summed E-state index contributed by atoms with van der Waals surface area (Å²) in [5.74, 6) is -0.342. The third kappa shape index (κ3) is 4.42. The molecule has 7 heteroatoms. The van der Waals surface area contributed by atoms with Crippen LogP contribution in [-0.2, 0) is 14.8 Å². The molecule has 1 amide bonds. The minimum Gasteiger partial charge on any atom is -0.324 e. The smallest absolute Gasteiger partial charge is 0.264 e. The van der Waals surface area contributed by atoms with Crippen LogP contribution >= 0.6 is 0 Å². The Balaban J connectivity index is 2.27. The van der Waals surface area contributed by atoms with E-state index in [0.29, 0.717) is 17.8 Å². The van der Waals surface area contributed by atoms with Crippen molar-refractivity contribution in [2.45, 2.75) is 37.1 Å². The summed E-state index contributed by atoms with van der Waals surface area (Å²) in [6.45, 7) is 3.61. The third-order valence-electron chi connectivity index (χ3n) is 4.16. The molecule has 1 unspecified atom stereocenters. The van der Waals surface area contributed by atoms with E-state index in [1.54, 1.807) is 43.3 Å². The van der Waals surface area contributed by atoms with Gasteiger partial charge in [0.2, 0.25) is 5.91 Å². The zero-order chi connectivity index (χ0) is 19.4. The monoisotopic (exact) mass is 375 g/mol. The Bertz CT molecular complexity index is 865. The summed E-state index contributed by atoms with van der Waals surface area (Å²) < 4.78 is 26.9. The number of carbonyl (C=O) groups is 1. The van der Waals surface area contributed by atoms with Gasteiger partial charge in [-0.25, -0.2) is 8.42 Å². The lowest BCUT2D eigenvalue weighted by molar-refractivity contribution is -0.120. The number of rotatable bonds is 7.